The summed E-state index contributed by atoms with van der Waals surface area (Å²) in [5.74, 6) is -0.808. The second kappa shape index (κ2) is 7.33. The van der Waals surface area contributed by atoms with Gasteiger partial charge in [0.25, 0.3) is 0 Å². The molecule has 2 amide bonds. The molecule has 1 fully saturated rings. The van der Waals surface area contributed by atoms with Gasteiger partial charge >= 0.3 is 12.0 Å². The van der Waals surface area contributed by atoms with Gasteiger partial charge in [-0.05, 0) is 18.8 Å². The Bertz CT molecular complexity index is 316. The Labute approximate surface area is 114 Å². The molecule has 0 aromatic rings. The lowest BCUT2D eigenvalue weighted by Gasteiger charge is -2.27. The van der Waals surface area contributed by atoms with Crippen LogP contribution in [0.5, 0.6) is 0 Å². The van der Waals surface area contributed by atoms with E-state index in [4.69, 9.17) is 9.84 Å². The highest BCUT2D eigenvalue weighted by molar-refractivity contribution is 5.76. The molecule has 6 heteroatoms. The average molecular weight is 272 g/mol. The number of ether oxygens (including phenoxy) is 1. The highest BCUT2D eigenvalue weighted by Gasteiger charge is 2.33. The molecular weight excluding hydrogens is 248 g/mol. The van der Waals surface area contributed by atoms with E-state index in [1.807, 2.05) is 13.8 Å². The lowest BCUT2D eigenvalue weighted by Crippen LogP contribution is -2.49. The van der Waals surface area contributed by atoms with Gasteiger partial charge in [-0.2, -0.15) is 0 Å². The molecule has 0 heterocycles. The Morgan fingerprint density at radius 2 is 2.05 bits per heavy atom. The summed E-state index contributed by atoms with van der Waals surface area (Å²) in [6, 6.07) is -0.235. The SMILES string of the molecule is COCCN(C(=O)NC(CC(=O)O)C(C)C)C1CC1. The fourth-order valence-corrected chi connectivity index (χ4v) is 1.91. The minimum absolute atomic E-state index is 0.0494. The van der Waals surface area contributed by atoms with Gasteiger partial charge in [-0.15, -0.1) is 0 Å². The zero-order chi connectivity index (χ0) is 14.4. The summed E-state index contributed by atoms with van der Waals surface area (Å²) in [4.78, 5) is 24.7. The van der Waals surface area contributed by atoms with E-state index in [0.717, 1.165) is 12.8 Å². The second-order valence-corrected chi connectivity index (χ2v) is 5.32. The highest BCUT2D eigenvalue weighted by Crippen LogP contribution is 2.26. The van der Waals surface area contributed by atoms with Crippen LogP contribution in [-0.4, -0.2) is 54.4 Å². The van der Waals surface area contributed by atoms with E-state index in [0.29, 0.717) is 13.2 Å². The maximum Gasteiger partial charge on any atom is 0.317 e. The van der Waals surface area contributed by atoms with Crippen LogP contribution in [0.3, 0.4) is 0 Å². The summed E-state index contributed by atoms with van der Waals surface area (Å²) in [5.41, 5.74) is 0. The number of rotatable bonds is 8. The molecule has 0 aromatic carbocycles. The van der Waals surface area contributed by atoms with E-state index in [-0.39, 0.29) is 30.5 Å². The van der Waals surface area contributed by atoms with Crippen molar-refractivity contribution in [2.24, 2.45) is 5.92 Å². The number of nitrogens with zero attached hydrogens (tertiary/aromatic N) is 1. The Balaban J connectivity index is 2.54. The third kappa shape index (κ3) is 5.46. The van der Waals surface area contributed by atoms with E-state index < -0.39 is 5.97 Å². The van der Waals surface area contributed by atoms with Crippen molar-refractivity contribution in [3.8, 4) is 0 Å². The first-order valence-corrected chi connectivity index (χ1v) is 6.73. The van der Waals surface area contributed by atoms with E-state index in [9.17, 15) is 9.59 Å². The lowest BCUT2D eigenvalue weighted by atomic mass is 10.0. The lowest BCUT2D eigenvalue weighted by molar-refractivity contribution is -0.137. The van der Waals surface area contributed by atoms with Crippen molar-refractivity contribution in [1.82, 2.24) is 10.2 Å². The summed E-state index contributed by atoms with van der Waals surface area (Å²) >= 11 is 0. The van der Waals surface area contributed by atoms with Crippen LogP contribution >= 0.6 is 0 Å². The first-order chi connectivity index (χ1) is 8.95. The smallest absolute Gasteiger partial charge is 0.317 e. The molecule has 1 rings (SSSR count). The van der Waals surface area contributed by atoms with Crippen molar-refractivity contribution in [3.05, 3.63) is 0 Å². The molecule has 0 radical (unpaired) electrons. The normalized spacial score (nSPS) is 16.2. The van der Waals surface area contributed by atoms with Crippen molar-refractivity contribution in [2.75, 3.05) is 20.3 Å². The summed E-state index contributed by atoms with van der Waals surface area (Å²) < 4.78 is 5.00. The number of aliphatic carboxylic acids is 1. The molecule has 110 valence electrons. The second-order valence-electron chi connectivity index (χ2n) is 5.32. The van der Waals surface area contributed by atoms with Crippen LogP contribution in [0.2, 0.25) is 0 Å². The van der Waals surface area contributed by atoms with Crippen LogP contribution in [0.1, 0.15) is 33.1 Å². The molecule has 0 aromatic heterocycles. The van der Waals surface area contributed by atoms with Crippen LogP contribution in [0.25, 0.3) is 0 Å². The fraction of sp³-hybridized carbons (Fsp3) is 0.846. The minimum atomic E-state index is -0.895. The standard InChI is InChI=1S/C13H24N2O4/c1-9(2)11(8-12(16)17)14-13(18)15(6-7-19-3)10-4-5-10/h9-11H,4-8H2,1-3H3,(H,14,18)(H,16,17). The molecule has 0 saturated heterocycles. The number of carbonyl (C=O) groups is 2. The van der Waals surface area contributed by atoms with Gasteiger partial charge in [-0.1, -0.05) is 13.8 Å². The van der Waals surface area contributed by atoms with E-state index in [1.165, 1.54) is 0 Å². The number of nitrogens with one attached hydrogen (secondary N) is 1. The van der Waals surface area contributed by atoms with Gasteiger partial charge in [0.15, 0.2) is 0 Å². The summed E-state index contributed by atoms with van der Waals surface area (Å²) in [6.07, 6.45) is 1.98. The van der Waals surface area contributed by atoms with Gasteiger partial charge in [0, 0.05) is 25.7 Å². The zero-order valence-electron chi connectivity index (χ0n) is 11.9. The Morgan fingerprint density at radius 1 is 1.42 bits per heavy atom. The Morgan fingerprint density at radius 3 is 2.47 bits per heavy atom. The summed E-state index contributed by atoms with van der Waals surface area (Å²) in [7, 11) is 1.60. The molecule has 1 unspecified atom stereocenters. The van der Waals surface area contributed by atoms with Crippen LogP contribution in [0, 0.1) is 5.92 Å². The van der Waals surface area contributed by atoms with E-state index in [1.54, 1.807) is 12.0 Å². The molecule has 1 atom stereocenters. The molecule has 6 nitrogen and oxygen atoms in total. The van der Waals surface area contributed by atoms with Crippen LogP contribution < -0.4 is 5.32 Å². The number of urea groups is 1. The van der Waals surface area contributed by atoms with E-state index in [2.05, 4.69) is 5.32 Å². The highest BCUT2D eigenvalue weighted by atomic mass is 16.5. The fourth-order valence-electron chi connectivity index (χ4n) is 1.91. The number of carboxylic acids is 1. The van der Waals surface area contributed by atoms with Crippen molar-refractivity contribution < 1.29 is 19.4 Å². The monoisotopic (exact) mass is 272 g/mol. The molecule has 1 aliphatic rings. The number of hydrogen-bond donors (Lipinski definition) is 2. The zero-order valence-corrected chi connectivity index (χ0v) is 11.9. The number of methoxy groups -OCH3 is 1. The first-order valence-electron chi connectivity index (χ1n) is 6.73. The predicted octanol–water partition coefficient (Wildman–Crippen LogP) is 1.31. The molecule has 19 heavy (non-hydrogen) atoms. The van der Waals surface area contributed by atoms with Gasteiger partial charge in [0.2, 0.25) is 0 Å². The Hall–Kier alpha value is -1.30. The van der Waals surface area contributed by atoms with Crippen molar-refractivity contribution in [3.63, 3.8) is 0 Å². The van der Waals surface area contributed by atoms with Crippen molar-refractivity contribution in [2.45, 2.75) is 45.2 Å². The molecule has 0 bridgehead atoms. The molecule has 0 aliphatic heterocycles. The largest absolute Gasteiger partial charge is 0.481 e. The quantitative estimate of drug-likeness (QED) is 0.698. The van der Waals surface area contributed by atoms with Crippen molar-refractivity contribution in [1.29, 1.82) is 0 Å². The van der Waals surface area contributed by atoms with Gasteiger partial charge in [0.05, 0.1) is 13.0 Å². The molecule has 1 saturated carbocycles. The first kappa shape index (κ1) is 15.8. The Kier molecular flexibility index (Phi) is 6.08. The molecule has 1 aliphatic carbocycles. The van der Waals surface area contributed by atoms with Crippen LogP contribution in [-0.2, 0) is 9.53 Å². The van der Waals surface area contributed by atoms with Crippen LogP contribution in [0.4, 0.5) is 4.79 Å². The third-order valence-electron chi connectivity index (χ3n) is 3.29. The van der Waals surface area contributed by atoms with Gasteiger partial charge < -0.3 is 20.1 Å². The van der Waals surface area contributed by atoms with Gasteiger partial charge in [-0.25, -0.2) is 4.79 Å². The van der Waals surface area contributed by atoms with Gasteiger partial charge in [-0.3, -0.25) is 4.79 Å². The maximum atomic E-state index is 12.2. The molecular formula is C13H24N2O4. The third-order valence-corrected chi connectivity index (χ3v) is 3.29. The summed E-state index contributed by atoms with van der Waals surface area (Å²) in [5, 5.41) is 11.7. The molecule has 2 N–H and O–H groups in total. The number of hydrogen-bond acceptors (Lipinski definition) is 3. The topological polar surface area (TPSA) is 78.9 Å². The molecule has 0 spiro atoms. The predicted molar refractivity (Wildman–Crippen MR) is 71.0 cm³/mol. The number of carbonyl (C=O) groups excluding carboxylic acids is 1. The average Bonchev–Trinajstić information content (AvgIpc) is 3.12. The van der Waals surface area contributed by atoms with Crippen molar-refractivity contribution >= 4 is 12.0 Å². The van der Waals surface area contributed by atoms with Crippen LogP contribution in [0.15, 0.2) is 0 Å². The summed E-state index contributed by atoms with van der Waals surface area (Å²) in [6.45, 7) is 4.86. The van der Waals surface area contributed by atoms with E-state index >= 15 is 0 Å². The maximum absolute atomic E-state index is 12.2. The minimum Gasteiger partial charge on any atom is -0.481 e. The van der Waals surface area contributed by atoms with Gasteiger partial charge in [0.1, 0.15) is 0 Å². The number of amides is 2. The number of carboxylic acid groups (broad SMARTS) is 1.